The Kier molecular flexibility index (Phi) is 7.83. The maximum absolute atomic E-state index is 5.02. The van der Waals surface area contributed by atoms with Crippen LogP contribution in [0.2, 0.25) is 0 Å². The molecule has 0 fully saturated rings. The minimum Gasteiger partial charge on any atom is -0.253 e. The van der Waals surface area contributed by atoms with Gasteiger partial charge in [0, 0.05) is 61.9 Å². The first-order valence-electron chi connectivity index (χ1n) is 15.4. The van der Waals surface area contributed by atoms with E-state index >= 15 is 0 Å². The van der Waals surface area contributed by atoms with Gasteiger partial charge in [-0.05, 0) is 77.1 Å². The molecule has 7 rings (SSSR count). The van der Waals surface area contributed by atoms with Gasteiger partial charge in [-0.1, -0.05) is 60.7 Å². The second kappa shape index (κ2) is 12.4. The molecule has 0 spiro atoms. The Labute approximate surface area is 273 Å². The molecule has 0 saturated carbocycles. The molecule has 0 N–H and O–H groups in total. The molecule has 8 heteroatoms. The number of aromatic nitrogens is 8. The molecule has 3 aromatic carbocycles. The van der Waals surface area contributed by atoms with Crippen LogP contribution in [0.4, 0.5) is 0 Å². The minimum atomic E-state index is 0.545. The van der Waals surface area contributed by atoms with Crippen molar-refractivity contribution in [3.63, 3.8) is 0 Å². The lowest BCUT2D eigenvalue weighted by atomic mass is 10.1. The van der Waals surface area contributed by atoms with Crippen LogP contribution in [0.3, 0.4) is 0 Å². The molecule has 7 aromatic rings. The quantitative estimate of drug-likeness (QED) is 0.184. The molecule has 4 heterocycles. The van der Waals surface area contributed by atoms with Crippen molar-refractivity contribution in [2.45, 2.75) is 34.6 Å². The van der Waals surface area contributed by atoms with Crippen LogP contribution in [-0.4, -0.2) is 39.9 Å². The van der Waals surface area contributed by atoms with E-state index in [9.17, 15) is 0 Å². The van der Waals surface area contributed by atoms with E-state index < -0.39 is 0 Å². The van der Waals surface area contributed by atoms with Crippen LogP contribution in [0.15, 0.2) is 103 Å². The first-order valence-corrected chi connectivity index (χ1v) is 15.4. The van der Waals surface area contributed by atoms with Crippen molar-refractivity contribution < 1.29 is 0 Å². The van der Waals surface area contributed by atoms with Gasteiger partial charge in [0.25, 0.3) is 0 Å². The molecule has 0 aliphatic heterocycles. The summed E-state index contributed by atoms with van der Waals surface area (Å²) in [5.74, 6) is 2.98. The highest BCUT2D eigenvalue weighted by molar-refractivity contribution is 5.74. The molecule has 0 unspecified atom stereocenters. The van der Waals surface area contributed by atoms with Crippen LogP contribution < -0.4 is 0 Å². The third kappa shape index (κ3) is 6.53. The molecule has 0 radical (unpaired) electrons. The molecule has 0 bridgehead atoms. The van der Waals surface area contributed by atoms with Gasteiger partial charge in [0.15, 0.2) is 29.1 Å². The smallest absolute Gasteiger partial charge is 0.164 e. The predicted octanol–water partition coefficient (Wildman–Crippen LogP) is 8.39. The molecule has 0 atom stereocenters. The average molecular weight is 613 g/mol. The van der Waals surface area contributed by atoms with Gasteiger partial charge in [-0.2, -0.15) is 0 Å². The summed E-state index contributed by atoms with van der Waals surface area (Å²) in [7, 11) is 0. The van der Waals surface area contributed by atoms with E-state index in [1.54, 1.807) is 0 Å². The molecule has 228 valence electrons. The van der Waals surface area contributed by atoms with Crippen molar-refractivity contribution in [1.82, 2.24) is 39.9 Å². The summed E-state index contributed by atoms with van der Waals surface area (Å²) in [6.07, 6.45) is 0. The van der Waals surface area contributed by atoms with Gasteiger partial charge in [0.05, 0.1) is 5.69 Å². The molecule has 47 heavy (non-hydrogen) atoms. The van der Waals surface area contributed by atoms with Crippen molar-refractivity contribution in [2.24, 2.45) is 0 Å². The Morgan fingerprint density at radius 1 is 0.277 bits per heavy atom. The van der Waals surface area contributed by atoms with Crippen molar-refractivity contribution in [1.29, 1.82) is 0 Å². The molecular weight excluding hydrogens is 580 g/mol. The second-order valence-corrected chi connectivity index (χ2v) is 11.7. The van der Waals surface area contributed by atoms with E-state index in [-0.39, 0.29) is 0 Å². The van der Waals surface area contributed by atoms with Crippen LogP contribution in [0, 0.1) is 34.6 Å². The van der Waals surface area contributed by atoms with Crippen molar-refractivity contribution in [2.75, 3.05) is 0 Å². The van der Waals surface area contributed by atoms with Gasteiger partial charge in [-0.25, -0.2) is 34.9 Å². The van der Waals surface area contributed by atoms with E-state index in [1.807, 2.05) is 126 Å². The predicted molar refractivity (Wildman–Crippen MR) is 185 cm³/mol. The number of hydrogen-bond donors (Lipinski definition) is 0. The van der Waals surface area contributed by atoms with Gasteiger partial charge < -0.3 is 0 Å². The van der Waals surface area contributed by atoms with Crippen LogP contribution in [0.1, 0.15) is 28.5 Å². The number of benzene rings is 3. The van der Waals surface area contributed by atoms with Crippen LogP contribution >= 0.6 is 0 Å². The van der Waals surface area contributed by atoms with Crippen molar-refractivity contribution in [3.8, 4) is 68.2 Å². The summed E-state index contributed by atoms with van der Waals surface area (Å²) < 4.78 is 0. The van der Waals surface area contributed by atoms with E-state index in [1.165, 1.54) is 0 Å². The van der Waals surface area contributed by atoms with E-state index in [2.05, 4.69) is 32.1 Å². The van der Waals surface area contributed by atoms with Crippen LogP contribution in [-0.2, 0) is 0 Å². The number of pyridine rings is 1. The monoisotopic (exact) mass is 612 g/mol. The molecule has 0 aliphatic carbocycles. The zero-order valence-corrected chi connectivity index (χ0v) is 26.9. The highest BCUT2D eigenvalue weighted by atomic mass is 15.0. The first-order chi connectivity index (χ1) is 22.8. The molecule has 0 saturated heterocycles. The Hall–Kier alpha value is -6.02. The van der Waals surface area contributed by atoms with Crippen molar-refractivity contribution in [3.05, 3.63) is 132 Å². The zero-order valence-electron chi connectivity index (χ0n) is 26.9. The summed E-state index contributed by atoms with van der Waals surface area (Å²) in [5, 5.41) is 0. The standard InChI is InChI=1S/C39H32N8/c1-23-10-6-17-34(40-23)28-11-7-12-29(20-28)37-45-38(32-15-8-13-30(21-32)35-41-24(2)18-25(3)42-35)47-39(46-37)33-16-9-14-31(22-33)36-43-26(4)19-27(5)44-36/h6-22H,1-5H3. The third-order valence-electron chi connectivity index (χ3n) is 7.66. The summed E-state index contributed by atoms with van der Waals surface area (Å²) in [6.45, 7) is 9.90. The molecule has 0 amide bonds. The maximum Gasteiger partial charge on any atom is 0.164 e. The first kappa shape index (κ1) is 29.7. The topological polar surface area (TPSA) is 103 Å². The van der Waals surface area contributed by atoms with Gasteiger partial charge >= 0.3 is 0 Å². The van der Waals surface area contributed by atoms with Crippen LogP contribution in [0.5, 0.6) is 0 Å². The van der Waals surface area contributed by atoms with Gasteiger partial charge in [0.1, 0.15) is 0 Å². The third-order valence-corrected chi connectivity index (χ3v) is 7.66. The average Bonchev–Trinajstić information content (AvgIpc) is 3.07. The summed E-state index contributed by atoms with van der Waals surface area (Å²) >= 11 is 0. The van der Waals surface area contributed by atoms with E-state index in [0.29, 0.717) is 29.1 Å². The highest BCUT2D eigenvalue weighted by Gasteiger charge is 2.16. The van der Waals surface area contributed by atoms with Gasteiger partial charge in [0.2, 0.25) is 0 Å². The largest absolute Gasteiger partial charge is 0.253 e. The lowest BCUT2D eigenvalue weighted by Gasteiger charge is -2.11. The lowest BCUT2D eigenvalue weighted by molar-refractivity contribution is 1.06. The molecular formula is C39H32N8. The minimum absolute atomic E-state index is 0.545. The maximum atomic E-state index is 5.02. The molecule has 0 aliphatic rings. The van der Waals surface area contributed by atoms with Gasteiger partial charge in [-0.15, -0.1) is 0 Å². The Morgan fingerprint density at radius 2 is 0.596 bits per heavy atom. The van der Waals surface area contributed by atoms with E-state index in [4.69, 9.17) is 19.9 Å². The van der Waals surface area contributed by atoms with Gasteiger partial charge in [-0.3, -0.25) is 4.98 Å². The van der Waals surface area contributed by atoms with E-state index in [0.717, 1.165) is 67.5 Å². The summed E-state index contributed by atoms with van der Waals surface area (Å²) in [5.41, 5.74) is 10.8. The molecule has 8 nitrogen and oxygen atoms in total. The number of rotatable bonds is 6. The fourth-order valence-electron chi connectivity index (χ4n) is 5.59. The normalized spacial score (nSPS) is 11.1. The zero-order chi connectivity index (χ0) is 32.5. The Balaban J connectivity index is 1.39. The lowest BCUT2D eigenvalue weighted by Crippen LogP contribution is -2.01. The fourth-order valence-corrected chi connectivity index (χ4v) is 5.59. The highest BCUT2D eigenvalue weighted by Crippen LogP contribution is 2.30. The summed E-state index contributed by atoms with van der Waals surface area (Å²) in [6, 6.07) is 34.1. The Morgan fingerprint density at radius 3 is 0.979 bits per heavy atom. The number of nitrogens with zero attached hydrogens (tertiary/aromatic N) is 8. The Bertz CT molecular complexity index is 2120. The second-order valence-electron chi connectivity index (χ2n) is 11.7. The summed E-state index contributed by atoms with van der Waals surface area (Å²) in [4.78, 5) is 38.5. The molecule has 4 aromatic heterocycles. The van der Waals surface area contributed by atoms with Crippen molar-refractivity contribution >= 4 is 0 Å². The fraction of sp³-hybridized carbons (Fsp3) is 0.128. The number of aryl methyl sites for hydroxylation is 5. The van der Waals surface area contributed by atoms with Crippen LogP contribution in [0.25, 0.3) is 68.2 Å². The SMILES string of the molecule is Cc1cccc(-c2cccc(-c3nc(-c4cccc(-c5nc(C)cc(C)n5)c4)nc(-c4cccc(-c5nc(C)cc(C)n5)c4)n3)c2)n1. The number of hydrogen-bond acceptors (Lipinski definition) is 8.